The van der Waals surface area contributed by atoms with Gasteiger partial charge in [-0.1, -0.05) is 18.9 Å². The fraction of sp³-hybridized carbons (Fsp3) is 0.615. The number of hydrogen-bond donors (Lipinski definition) is 1. The molecule has 1 heterocycles. The Labute approximate surface area is 101 Å². The minimum atomic E-state index is -0.411. The van der Waals surface area contributed by atoms with Crippen LogP contribution in [-0.4, -0.2) is 10.1 Å². The van der Waals surface area contributed by atoms with Crippen molar-refractivity contribution in [2.24, 2.45) is 0 Å². The average molecular weight is 237 g/mol. The van der Waals surface area contributed by atoms with Gasteiger partial charge in [0.25, 0.3) is 0 Å². The number of hydrogen-bond acceptors (Lipinski definition) is 3. The van der Waals surface area contributed by atoms with Gasteiger partial charge in [0.2, 0.25) is 0 Å². The normalized spacial score (nSPS) is 19.8. The lowest BCUT2D eigenvalue weighted by Gasteiger charge is -2.16. The molecule has 0 fully saturated rings. The molecular weight excluding hydrogens is 218 g/mol. The minimum absolute atomic E-state index is 0.411. The van der Waals surface area contributed by atoms with Gasteiger partial charge >= 0.3 is 0 Å². The number of aliphatic hydroxyl groups excluding tert-OH is 1. The van der Waals surface area contributed by atoms with E-state index in [1.165, 1.54) is 31.3 Å². The molecule has 2 nitrogen and oxygen atoms in total. The van der Waals surface area contributed by atoms with Crippen molar-refractivity contribution in [3.63, 3.8) is 0 Å². The molecule has 0 saturated carbocycles. The number of aryl methyl sites for hydroxylation is 1. The van der Waals surface area contributed by atoms with E-state index in [0.717, 1.165) is 23.4 Å². The highest BCUT2D eigenvalue weighted by atomic mass is 32.1. The summed E-state index contributed by atoms with van der Waals surface area (Å²) in [5, 5.41) is 10.3. The van der Waals surface area contributed by atoms with E-state index in [1.807, 2.05) is 12.4 Å². The van der Waals surface area contributed by atoms with Crippen molar-refractivity contribution in [3.05, 3.63) is 27.7 Å². The third-order valence-electron chi connectivity index (χ3n) is 3.21. The summed E-state index contributed by atoms with van der Waals surface area (Å²) in [6.45, 7) is 1.97. The highest BCUT2D eigenvalue weighted by Crippen LogP contribution is 2.32. The van der Waals surface area contributed by atoms with Crippen molar-refractivity contribution in [3.8, 4) is 0 Å². The van der Waals surface area contributed by atoms with Crippen molar-refractivity contribution < 1.29 is 5.11 Å². The molecule has 0 spiro atoms. The molecule has 0 aromatic carbocycles. The van der Waals surface area contributed by atoms with Gasteiger partial charge in [-0.15, -0.1) is 11.3 Å². The quantitative estimate of drug-likeness (QED) is 0.794. The van der Waals surface area contributed by atoms with Crippen LogP contribution in [0.1, 0.15) is 55.2 Å². The van der Waals surface area contributed by atoms with Crippen molar-refractivity contribution in [2.45, 2.75) is 51.6 Å². The highest BCUT2D eigenvalue weighted by Gasteiger charge is 2.17. The molecule has 1 aromatic rings. The maximum absolute atomic E-state index is 10.3. The number of allylic oxidation sites excluding steroid dienone is 1. The van der Waals surface area contributed by atoms with E-state index >= 15 is 0 Å². The Morgan fingerprint density at radius 1 is 1.31 bits per heavy atom. The van der Waals surface area contributed by atoms with Crippen LogP contribution >= 0.6 is 11.3 Å². The second-order valence-corrected chi connectivity index (χ2v) is 5.32. The first-order valence-corrected chi connectivity index (χ1v) is 6.94. The van der Waals surface area contributed by atoms with Crippen LogP contribution in [0.15, 0.2) is 17.2 Å². The Kier molecular flexibility index (Phi) is 4.13. The monoisotopic (exact) mass is 237 g/mol. The SMILES string of the molecule is Cc1ncsc1C(O)C1=CCCCCCC1. The van der Waals surface area contributed by atoms with Gasteiger partial charge in [-0.3, -0.25) is 0 Å². The molecule has 2 rings (SSSR count). The van der Waals surface area contributed by atoms with Crippen molar-refractivity contribution >= 4 is 11.3 Å². The number of aliphatic hydroxyl groups is 1. The summed E-state index contributed by atoms with van der Waals surface area (Å²) in [4.78, 5) is 5.23. The third kappa shape index (κ3) is 2.71. The van der Waals surface area contributed by atoms with Crippen molar-refractivity contribution in [2.75, 3.05) is 0 Å². The van der Waals surface area contributed by atoms with Gasteiger partial charge in [0.05, 0.1) is 16.1 Å². The summed E-state index contributed by atoms with van der Waals surface area (Å²) in [6, 6.07) is 0. The van der Waals surface area contributed by atoms with Gasteiger partial charge in [0.1, 0.15) is 6.10 Å². The molecule has 0 amide bonds. The van der Waals surface area contributed by atoms with Gasteiger partial charge in [-0.25, -0.2) is 4.98 Å². The second kappa shape index (κ2) is 5.60. The largest absolute Gasteiger partial charge is 0.383 e. The standard InChI is InChI=1S/C13H19NOS/c1-10-13(16-9-14-10)12(15)11-7-5-3-2-4-6-8-11/h7,9,12,15H,2-6,8H2,1H3. The average Bonchev–Trinajstić information content (AvgIpc) is 2.63. The first kappa shape index (κ1) is 11.8. The Balaban J connectivity index is 2.13. The predicted molar refractivity (Wildman–Crippen MR) is 67.6 cm³/mol. The Bertz CT molecular complexity index is 370. The van der Waals surface area contributed by atoms with E-state index in [9.17, 15) is 5.11 Å². The Morgan fingerprint density at radius 3 is 2.88 bits per heavy atom. The van der Waals surface area contributed by atoms with Crippen LogP contribution in [0.25, 0.3) is 0 Å². The molecular formula is C13H19NOS. The summed E-state index contributed by atoms with van der Waals surface area (Å²) in [6.07, 6.45) is 9.08. The van der Waals surface area contributed by atoms with Crippen LogP contribution < -0.4 is 0 Å². The molecule has 0 saturated heterocycles. The zero-order chi connectivity index (χ0) is 11.4. The number of aromatic nitrogens is 1. The number of nitrogens with zero attached hydrogens (tertiary/aromatic N) is 1. The molecule has 1 aliphatic carbocycles. The third-order valence-corrected chi connectivity index (χ3v) is 4.19. The lowest BCUT2D eigenvalue weighted by atomic mass is 9.95. The molecule has 1 atom stereocenters. The lowest BCUT2D eigenvalue weighted by molar-refractivity contribution is 0.212. The molecule has 1 aromatic heterocycles. The molecule has 1 unspecified atom stereocenters. The lowest BCUT2D eigenvalue weighted by Crippen LogP contribution is -2.03. The molecule has 16 heavy (non-hydrogen) atoms. The molecule has 0 aliphatic heterocycles. The molecule has 3 heteroatoms. The van der Waals surface area contributed by atoms with E-state index < -0.39 is 6.10 Å². The fourth-order valence-corrected chi connectivity index (χ4v) is 3.03. The molecule has 0 radical (unpaired) electrons. The minimum Gasteiger partial charge on any atom is -0.383 e. The summed E-state index contributed by atoms with van der Waals surface area (Å²) < 4.78 is 0. The van der Waals surface area contributed by atoms with Crippen LogP contribution in [-0.2, 0) is 0 Å². The Hall–Kier alpha value is -0.670. The van der Waals surface area contributed by atoms with Gasteiger partial charge in [0, 0.05) is 0 Å². The van der Waals surface area contributed by atoms with Gasteiger partial charge in [-0.2, -0.15) is 0 Å². The highest BCUT2D eigenvalue weighted by molar-refractivity contribution is 7.09. The van der Waals surface area contributed by atoms with Crippen LogP contribution in [0.5, 0.6) is 0 Å². The van der Waals surface area contributed by atoms with E-state index in [4.69, 9.17) is 0 Å². The van der Waals surface area contributed by atoms with E-state index in [0.29, 0.717) is 0 Å². The maximum Gasteiger partial charge on any atom is 0.111 e. The molecule has 1 N–H and O–H groups in total. The first-order valence-electron chi connectivity index (χ1n) is 6.06. The van der Waals surface area contributed by atoms with Gasteiger partial charge < -0.3 is 5.11 Å². The van der Waals surface area contributed by atoms with E-state index in [1.54, 1.807) is 11.3 Å². The topological polar surface area (TPSA) is 33.1 Å². The van der Waals surface area contributed by atoms with Crippen molar-refractivity contribution in [1.82, 2.24) is 4.98 Å². The van der Waals surface area contributed by atoms with Crippen LogP contribution in [0.4, 0.5) is 0 Å². The molecule has 88 valence electrons. The van der Waals surface area contributed by atoms with Gasteiger partial charge in [-0.05, 0) is 38.2 Å². The van der Waals surface area contributed by atoms with Crippen molar-refractivity contribution in [1.29, 1.82) is 0 Å². The second-order valence-electron chi connectivity index (χ2n) is 4.44. The van der Waals surface area contributed by atoms with Crippen LogP contribution in [0, 0.1) is 6.92 Å². The smallest absolute Gasteiger partial charge is 0.111 e. The Morgan fingerprint density at radius 2 is 2.12 bits per heavy atom. The molecule has 1 aliphatic rings. The van der Waals surface area contributed by atoms with Gasteiger partial charge in [0.15, 0.2) is 0 Å². The predicted octanol–water partition coefficient (Wildman–Crippen LogP) is 3.77. The number of rotatable bonds is 2. The van der Waals surface area contributed by atoms with E-state index in [2.05, 4.69) is 11.1 Å². The van der Waals surface area contributed by atoms with Crippen LogP contribution in [0.2, 0.25) is 0 Å². The molecule has 0 bridgehead atoms. The number of thiazole rings is 1. The fourth-order valence-electron chi connectivity index (χ4n) is 2.21. The zero-order valence-electron chi connectivity index (χ0n) is 9.78. The summed E-state index contributed by atoms with van der Waals surface area (Å²) in [5.74, 6) is 0. The zero-order valence-corrected chi connectivity index (χ0v) is 10.6. The van der Waals surface area contributed by atoms with E-state index in [-0.39, 0.29) is 0 Å². The summed E-state index contributed by atoms with van der Waals surface area (Å²) >= 11 is 1.56. The van der Waals surface area contributed by atoms with Crippen LogP contribution in [0.3, 0.4) is 0 Å². The summed E-state index contributed by atoms with van der Waals surface area (Å²) in [7, 11) is 0. The maximum atomic E-state index is 10.3. The summed E-state index contributed by atoms with van der Waals surface area (Å²) in [5.41, 5.74) is 3.99. The first-order chi connectivity index (χ1) is 7.79.